The van der Waals surface area contributed by atoms with E-state index in [4.69, 9.17) is 19.2 Å². The molecular weight excluding hydrogens is 416 g/mol. The van der Waals surface area contributed by atoms with E-state index in [2.05, 4.69) is 0 Å². The quantitative estimate of drug-likeness (QED) is 0.298. The van der Waals surface area contributed by atoms with Crippen LogP contribution in [-0.2, 0) is 9.47 Å². The molecule has 2 aliphatic heterocycles. The van der Waals surface area contributed by atoms with Crippen LogP contribution in [0.3, 0.4) is 0 Å². The van der Waals surface area contributed by atoms with Crippen molar-refractivity contribution in [3.05, 3.63) is 94.0 Å². The molecule has 2 aliphatic rings. The molecule has 0 atom stereocenters. The van der Waals surface area contributed by atoms with E-state index in [1.807, 2.05) is 0 Å². The minimum Gasteiger partial charge on any atom is -0.386 e. The maximum Gasteiger partial charge on any atom is 0.350 e. The van der Waals surface area contributed by atoms with Gasteiger partial charge in [-0.05, 0) is 61.4 Å². The Bertz CT molecular complexity index is 1180. The largest absolute Gasteiger partial charge is 0.386 e. The number of hydrogen-bond acceptors (Lipinski definition) is 8. The number of ether oxygens (including phenoxy) is 2. The van der Waals surface area contributed by atoms with Crippen molar-refractivity contribution in [3.8, 4) is 11.5 Å². The predicted octanol–water partition coefficient (Wildman–Crippen LogP) is 3.98. The fraction of sp³-hybridized carbons (Fsp3) is 0.0833. The molecule has 32 heavy (non-hydrogen) atoms. The summed E-state index contributed by atoms with van der Waals surface area (Å²) in [6, 6.07) is 14.6. The Balaban J connectivity index is 1.85. The van der Waals surface area contributed by atoms with Crippen molar-refractivity contribution in [1.29, 1.82) is 0 Å². The van der Waals surface area contributed by atoms with Crippen LogP contribution in [0, 0.1) is 13.8 Å². The van der Waals surface area contributed by atoms with Crippen molar-refractivity contribution >= 4 is 23.9 Å². The lowest BCUT2D eigenvalue weighted by Crippen LogP contribution is -2.19. The molecule has 3 aromatic rings. The molecule has 0 fully saturated rings. The minimum absolute atomic E-state index is 0.0418. The van der Waals surface area contributed by atoms with Crippen LogP contribution in [0.1, 0.15) is 52.6 Å². The lowest BCUT2D eigenvalue weighted by atomic mass is 9.98. The van der Waals surface area contributed by atoms with Gasteiger partial charge in [0.1, 0.15) is 11.1 Å². The zero-order valence-electron chi connectivity index (χ0n) is 17.0. The van der Waals surface area contributed by atoms with E-state index in [1.165, 1.54) is 36.4 Å². The van der Waals surface area contributed by atoms with Crippen molar-refractivity contribution < 1.29 is 38.4 Å². The summed E-state index contributed by atoms with van der Waals surface area (Å²) in [6.45, 7) is 3.19. The molecule has 8 nitrogen and oxygen atoms in total. The standard InChI is InChI=1S/C24H16O8/c1-13-14(2)16-12-11-15(13)21(25)29-23(27)17-7-3-5-9-19(17)31-32-20-10-6-4-8-18(20)24(28)30-22(16)26/h3-12H,1-2H3. The molecule has 0 amide bonds. The van der Waals surface area contributed by atoms with Crippen LogP contribution in [0.5, 0.6) is 11.5 Å². The fourth-order valence-corrected chi connectivity index (χ4v) is 3.16. The van der Waals surface area contributed by atoms with Crippen molar-refractivity contribution in [3.63, 3.8) is 0 Å². The Morgan fingerprint density at radius 2 is 0.812 bits per heavy atom. The molecule has 160 valence electrons. The average Bonchev–Trinajstić information content (AvgIpc) is 2.79. The molecule has 0 N–H and O–H groups in total. The van der Waals surface area contributed by atoms with Crippen LogP contribution < -0.4 is 9.78 Å². The molecule has 3 aromatic carbocycles. The molecule has 8 heteroatoms. The number of rotatable bonds is 0. The van der Waals surface area contributed by atoms with Gasteiger partial charge in [0.15, 0.2) is 11.5 Å². The van der Waals surface area contributed by atoms with Crippen molar-refractivity contribution in [2.75, 3.05) is 0 Å². The summed E-state index contributed by atoms with van der Waals surface area (Å²) in [7, 11) is 0. The van der Waals surface area contributed by atoms with Crippen LogP contribution in [0.15, 0.2) is 60.7 Å². The third-order valence-corrected chi connectivity index (χ3v) is 5.03. The lowest BCUT2D eigenvalue weighted by molar-refractivity contribution is -0.101. The normalized spacial score (nSPS) is 13.9. The van der Waals surface area contributed by atoms with Gasteiger partial charge in [-0.3, -0.25) is 9.78 Å². The lowest BCUT2D eigenvalue weighted by Gasteiger charge is -2.15. The van der Waals surface area contributed by atoms with Gasteiger partial charge in [0, 0.05) is 0 Å². The molecule has 2 bridgehead atoms. The van der Waals surface area contributed by atoms with Gasteiger partial charge in [0.2, 0.25) is 0 Å². The molecular formula is C24H16O8. The van der Waals surface area contributed by atoms with Crippen molar-refractivity contribution in [2.24, 2.45) is 0 Å². The SMILES string of the molecule is Cc1c2ccc(c1C)C(=O)OC(=O)c1ccccc1OOc1ccccc1C(=O)OC2=O. The summed E-state index contributed by atoms with van der Waals surface area (Å²) in [5.41, 5.74) is 0.870. The Kier molecular flexibility index (Phi) is 5.43. The minimum atomic E-state index is -0.953. The van der Waals surface area contributed by atoms with E-state index >= 15 is 0 Å². The Morgan fingerprint density at radius 3 is 1.22 bits per heavy atom. The highest BCUT2D eigenvalue weighted by Gasteiger charge is 2.26. The molecule has 0 saturated carbocycles. The van der Waals surface area contributed by atoms with Gasteiger partial charge in [0.05, 0.1) is 11.1 Å². The van der Waals surface area contributed by atoms with E-state index in [0.29, 0.717) is 11.1 Å². The number of benzene rings is 3. The van der Waals surface area contributed by atoms with E-state index < -0.39 is 23.9 Å². The van der Waals surface area contributed by atoms with Gasteiger partial charge >= 0.3 is 23.9 Å². The fourth-order valence-electron chi connectivity index (χ4n) is 3.16. The molecule has 5 rings (SSSR count). The van der Waals surface area contributed by atoms with E-state index in [9.17, 15) is 19.2 Å². The highest BCUT2D eigenvalue weighted by atomic mass is 17.2. The van der Waals surface area contributed by atoms with E-state index in [-0.39, 0.29) is 33.8 Å². The summed E-state index contributed by atoms with van der Waals surface area (Å²) < 4.78 is 10.0. The van der Waals surface area contributed by atoms with Crippen molar-refractivity contribution in [1.82, 2.24) is 0 Å². The number of hydrogen-bond donors (Lipinski definition) is 0. The van der Waals surface area contributed by atoms with Crippen LogP contribution in [0.4, 0.5) is 0 Å². The summed E-state index contributed by atoms with van der Waals surface area (Å²) in [5, 5.41) is 0. The van der Waals surface area contributed by atoms with Gasteiger partial charge in [-0.25, -0.2) is 19.2 Å². The van der Waals surface area contributed by atoms with Crippen molar-refractivity contribution in [2.45, 2.75) is 13.8 Å². The molecule has 0 radical (unpaired) electrons. The average molecular weight is 432 g/mol. The maximum atomic E-state index is 12.7. The van der Waals surface area contributed by atoms with Gasteiger partial charge in [-0.2, -0.15) is 0 Å². The number of esters is 4. The summed E-state index contributed by atoms with van der Waals surface area (Å²) >= 11 is 0. The number of fused-ring (bicyclic) bond motifs is 7. The smallest absolute Gasteiger partial charge is 0.350 e. The van der Waals surface area contributed by atoms with Crippen LogP contribution in [0.2, 0.25) is 0 Å². The first-order chi connectivity index (χ1) is 15.4. The molecule has 0 aliphatic carbocycles. The molecule has 0 aromatic heterocycles. The second-order valence-electron chi connectivity index (χ2n) is 6.92. The summed E-state index contributed by atoms with van der Waals surface area (Å²) in [6.07, 6.45) is 0. The number of para-hydroxylation sites is 2. The Labute approximate surface area is 182 Å². The summed E-state index contributed by atoms with van der Waals surface area (Å²) in [4.78, 5) is 61.1. The van der Waals surface area contributed by atoms with Gasteiger partial charge in [-0.1, -0.05) is 24.3 Å². The van der Waals surface area contributed by atoms with Gasteiger partial charge < -0.3 is 9.47 Å². The summed E-state index contributed by atoms with van der Waals surface area (Å²) in [5.74, 6) is -3.79. The molecule has 0 saturated heterocycles. The van der Waals surface area contributed by atoms with E-state index in [0.717, 1.165) is 0 Å². The highest BCUT2D eigenvalue weighted by molar-refractivity contribution is 6.07. The topological polar surface area (TPSA) is 105 Å². The Hall–Kier alpha value is -4.46. The highest BCUT2D eigenvalue weighted by Crippen LogP contribution is 2.26. The monoisotopic (exact) mass is 432 g/mol. The zero-order valence-corrected chi connectivity index (χ0v) is 17.0. The second-order valence-corrected chi connectivity index (χ2v) is 6.92. The van der Waals surface area contributed by atoms with Crippen LogP contribution in [0.25, 0.3) is 0 Å². The number of carbonyl (C=O) groups excluding carboxylic acids is 4. The maximum absolute atomic E-state index is 12.7. The van der Waals surface area contributed by atoms with Gasteiger partial charge in [-0.15, -0.1) is 0 Å². The first kappa shape index (κ1) is 20.8. The van der Waals surface area contributed by atoms with Crippen LogP contribution >= 0.6 is 0 Å². The third kappa shape index (κ3) is 3.81. The van der Waals surface area contributed by atoms with Crippen LogP contribution in [-0.4, -0.2) is 23.9 Å². The predicted molar refractivity (Wildman–Crippen MR) is 110 cm³/mol. The second kappa shape index (κ2) is 8.35. The third-order valence-electron chi connectivity index (χ3n) is 5.03. The first-order valence-corrected chi connectivity index (χ1v) is 9.52. The molecule has 0 spiro atoms. The van der Waals surface area contributed by atoms with Gasteiger partial charge in [0.25, 0.3) is 0 Å². The molecule has 2 heterocycles. The zero-order chi connectivity index (χ0) is 22.8. The number of carbonyl (C=O) groups is 4. The Morgan fingerprint density at radius 1 is 0.469 bits per heavy atom. The first-order valence-electron chi connectivity index (χ1n) is 9.52. The molecule has 0 unspecified atom stereocenters. The van der Waals surface area contributed by atoms with E-state index in [1.54, 1.807) is 38.1 Å².